The number of carbonyl (C=O) groups excluding carboxylic acids is 1. The number of nitrogens with one attached hydrogen (secondary N) is 1. The number of carbonyl (C=O) groups is 1. The third kappa shape index (κ3) is 3.43. The lowest BCUT2D eigenvalue weighted by Crippen LogP contribution is -2.38. The molecule has 0 aliphatic carbocycles. The highest BCUT2D eigenvalue weighted by Crippen LogP contribution is 2.19. The highest BCUT2D eigenvalue weighted by Gasteiger charge is 2.19. The quantitative estimate of drug-likeness (QED) is 0.879. The van der Waals surface area contributed by atoms with Gasteiger partial charge in [0.2, 0.25) is 0 Å². The van der Waals surface area contributed by atoms with Crippen LogP contribution in [0.5, 0.6) is 0 Å². The van der Waals surface area contributed by atoms with E-state index in [4.69, 9.17) is 5.73 Å². The molecular weight excluding hydrogens is 254 g/mol. The van der Waals surface area contributed by atoms with E-state index in [-0.39, 0.29) is 11.9 Å². The molecule has 0 saturated carbocycles. The third-order valence-electron chi connectivity index (χ3n) is 2.64. The van der Waals surface area contributed by atoms with E-state index in [0.29, 0.717) is 11.7 Å². The van der Waals surface area contributed by atoms with Gasteiger partial charge in [-0.2, -0.15) is 11.8 Å². The van der Waals surface area contributed by atoms with Crippen molar-refractivity contribution in [2.24, 2.45) is 5.73 Å². The second-order valence-electron chi connectivity index (χ2n) is 4.25. The number of nitrogens with zero attached hydrogens (tertiary/aromatic N) is 1. The molecule has 0 spiro atoms. The summed E-state index contributed by atoms with van der Waals surface area (Å²) < 4.78 is 0. The van der Waals surface area contributed by atoms with E-state index in [1.54, 1.807) is 5.38 Å². The highest BCUT2D eigenvalue weighted by molar-refractivity contribution is 7.99. The largest absolute Gasteiger partial charge is 0.347 e. The maximum Gasteiger partial charge on any atom is 0.271 e. The van der Waals surface area contributed by atoms with Crippen molar-refractivity contribution in [3.05, 3.63) is 16.1 Å². The molecule has 0 bridgehead atoms. The molecule has 1 aromatic rings. The zero-order valence-corrected chi connectivity index (χ0v) is 11.4. The third-order valence-corrected chi connectivity index (χ3v) is 4.90. The van der Waals surface area contributed by atoms with E-state index in [0.717, 1.165) is 17.2 Å². The van der Waals surface area contributed by atoms with Gasteiger partial charge in [0.05, 0.1) is 6.04 Å². The zero-order valence-electron chi connectivity index (χ0n) is 9.81. The van der Waals surface area contributed by atoms with Gasteiger partial charge < -0.3 is 11.1 Å². The second kappa shape index (κ2) is 5.84. The molecule has 1 fully saturated rings. The molecule has 3 N–H and O–H groups in total. The van der Waals surface area contributed by atoms with Crippen LogP contribution in [0.4, 0.5) is 0 Å². The van der Waals surface area contributed by atoms with E-state index in [2.05, 4.69) is 10.3 Å². The number of rotatable bonds is 3. The zero-order chi connectivity index (χ0) is 12.3. The van der Waals surface area contributed by atoms with Crippen molar-refractivity contribution in [3.8, 4) is 0 Å². The van der Waals surface area contributed by atoms with Gasteiger partial charge in [0.1, 0.15) is 10.7 Å². The standard InChI is InChI=1S/C11H17N3OS2/c1-7(12)11-14-9(6-17-11)10(15)13-8-3-2-4-16-5-8/h6-8H,2-5,12H2,1H3,(H,13,15). The topological polar surface area (TPSA) is 68.0 Å². The van der Waals surface area contributed by atoms with Gasteiger partial charge >= 0.3 is 0 Å². The second-order valence-corrected chi connectivity index (χ2v) is 6.29. The Kier molecular flexibility index (Phi) is 4.42. The minimum atomic E-state index is -0.105. The monoisotopic (exact) mass is 271 g/mol. The number of nitrogens with two attached hydrogens (primary N) is 1. The van der Waals surface area contributed by atoms with Gasteiger partial charge in [-0.15, -0.1) is 11.3 Å². The molecule has 6 heteroatoms. The van der Waals surface area contributed by atoms with Crippen LogP contribution in [0.25, 0.3) is 0 Å². The Balaban J connectivity index is 1.94. The van der Waals surface area contributed by atoms with Crippen LogP contribution >= 0.6 is 23.1 Å². The summed E-state index contributed by atoms with van der Waals surface area (Å²) >= 11 is 3.34. The molecule has 4 nitrogen and oxygen atoms in total. The van der Waals surface area contributed by atoms with Gasteiger partial charge in [0.25, 0.3) is 5.91 Å². The van der Waals surface area contributed by atoms with Gasteiger partial charge in [-0.05, 0) is 25.5 Å². The van der Waals surface area contributed by atoms with E-state index >= 15 is 0 Å². The molecule has 1 amide bonds. The van der Waals surface area contributed by atoms with Crippen molar-refractivity contribution in [2.45, 2.75) is 31.8 Å². The molecule has 1 saturated heterocycles. The summed E-state index contributed by atoms with van der Waals surface area (Å²) in [4.78, 5) is 16.2. The lowest BCUT2D eigenvalue weighted by atomic mass is 10.2. The van der Waals surface area contributed by atoms with Crippen molar-refractivity contribution in [2.75, 3.05) is 11.5 Å². The van der Waals surface area contributed by atoms with Crippen LogP contribution in [0.15, 0.2) is 5.38 Å². The average molecular weight is 271 g/mol. The Morgan fingerprint density at radius 1 is 1.71 bits per heavy atom. The van der Waals surface area contributed by atoms with E-state index < -0.39 is 0 Å². The Morgan fingerprint density at radius 3 is 3.12 bits per heavy atom. The fourth-order valence-electron chi connectivity index (χ4n) is 1.71. The van der Waals surface area contributed by atoms with Crippen molar-refractivity contribution < 1.29 is 4.79 Å². The van der Waals surface area contributed by atoms with Crippen molar-refractivity contribution >= 4 is 29.0 Å². The predicted molar refractivity (Wildman–Crippen MR) is 72.5 cm³/mol. The molecule has 0 radical (unpaired) electrons. The van der Waals surface area contributed by atoms with Crippen LogP contribution in [-0.4, -0.2) is 28.4 Å². The lowest BCUT2D eigenvalue weighted by molar-refractivity contribution is 0.0934. The Bertz CT molecular complexity index is 386. The highest BCUT2D eigenvalue weighted by atomic mass is 32.2. The number of thioether (sulfide) groups is 1. The van der Waals surface area contributed by atoms with E-state index in [1.807, 2.05) is 18.7 Å². The molecule has 2 unspecified atom stereocenters. The first-order valence-electron chi connectivity index (χ1n) is 5.76. The summed E-state index contributed by atoms with van der Waals surface area (Å²) in [6, 6.07) is 0.188. The maximum atomic E-state index is 11.9. The van der Waals surface area contributed by atoms with Crippen LogP contribution in [0.3, 0.4) is 0 Å². The molecular formula is C11H17N3OS2. The normalized spacial score (nSPS) is 22.1. The Hall–Kier alpha value is -0.590. The first-order chi connectivity index (χ1) is 8.16. The molecule has 2 atom stereocenters. The summed E-state index contributed by atoms with van der Waals surface area (Å²) in [7, 11) is 0. The van der Waals surface area contributed by atoms with Crippen molar-refractivity contribution in [1.29, 1.82) is 0 Å². The van der Waals surface area contributed by atoms with Gasteiger partial charge in [0, 0.05) is 17.2 Å². The molecule has 1 aliphatic heterocycles. The summed E-state index contributed by atoms with van der Waals surface area (Å²) in [5.74, 6) is 2.15. The predicted octanol–water partition coefficient (Wildman–Crippen LogP) is 1.79. The van der Waals surface area contributed by atoms with Crippen LogP contribution in [0.1, 0.15) is 41.3 Å². The minimum Gasteiger partial charge on any atom is -0.347 e. The Morgan fingerprint density at radius 2 is 2.53 bits per heavy atom. The summed E-state index contributed by atoms with van der Waals surface area (Å²) in [5, 5.41) is 5.63. The number of thiazole rings is 1. The molecule has 1 aliphatic rings. The average Bonchev–Trinajstić information content (AvgIpc) is 2.79. The Labute approximate surface area is 109 Å². The SMILES string of the molecule is CC(N)c1nc(C(=O)NC2CCCSC2)cs1. The van der Waals surface area contributed by atoms with Gasteiger partial charge in [-0.3, -0.25) is 4.79 Å². The van der Waals surface area contributed by atoms with Crippen molar-refractivity contribution in [3.63, 3.8) is 0 Å². The lowest BCUT2D eigenvalue weighted by Gasteiger charge is -2.21. The van der Waals surface area contributed by atoms with Crippen LogP contribution in [0, 0.1) is 0 Å². The minimum absolute atomic E-state index is 0.0688. The van der Waals surface area contributed by atoms with Gasteiger partial charge in [0.15, 0.2) is 0 Å². The molecule has 94 valence electrons. The fraction of sp³-hybridized carbons (Fsp3) is 0.636. The smallest absolute Gasteiger partial charge is 0.271 e. The van der Waals surface area contributed by atoms with E-state index in [1.165, 1.54) is 23.5 Å². The first kappa shape index (κ1) is 12.9. The van der Waals surface area contributed by atoms with Crippen LogP contribution in [0.2, 0.25) is 0 Å². The van der Waals surface area contributed by atoms with E-state index in [9.17, 15) is 4.79 Å². The molecule has 2 heterocycles. The number of hydrogen-bond acceptors (Lipinski definition) is 5. The van der Waals surface area contributed by atoms with Crippen molar-refractivity contribution in [1.82, 2.24) is 10.3 Å². The van der Waals surface area contributed by atoms with Gasteiger partial charge in [-0.1, -0.05) is 0 Å². The summed E-state index contributed by atoms with van der Waals surface area (Å²) in [6.45, 7) is 1.87. The molecule has 0 aromatic carbocycles. The summed E-state index contributed by atoms with van der Waals surface area (Å²) in [5.41, 5.74) is 6.22. The number of aromatic nitrogens is 1. The first-order valence-corrected chi connectivity index (χ1v) is 7.80. The van der Waals surface area contributed by atoms with Crippen LogP contribution in [-0.2, 0) is 0 Å². The maximum absolute atomic E-state index is 11.9. The number of hydrogen-bond donors (Lipinski definition) is 2. The number of amides is 1. The van der Waals surface area contributed by atoms with Gasteiger partial charge in [-0.25, -0.2) is 4.98 Å². The summed E-state index contributed by atoms with van der Waals surface area (Å²) in [6.07, 6.45) is 2.25. The molecule has 17 heavy (non-hydrogen) atoms. The van der Waals surface area contributed by atoms with Crippen LogP contribution < -0.4 is 11.1 Å². The fourth-order valence-corrected chi connectivity index (χ4v) is 3.54. The molecule has 2 rings (SSSR count). The molecule has 1 aromatic heterocycles.